The van der Waals surface area contributed by atoms with Crippen LogP contribution in [0.15, 0.2) is 36.4 Å². The van der Waals surface area contributed by atoms with Crippen molar-refractivity contribution in [3.63, 3.8) is 0 Å². The number of esters is 1. The van der Waals surface area contributed by atoms with Crippen LogP contribution in [0.25, 0.3) is 0 Å². The average molecular weight is 244 g/mol. The number of fused-ring (bicyclic) bond motifs is 1. The molecule has 2 unspecified atom stereocenters. The number of aromatic hydroxyl groups is 1. The lowest BCUT2D eigenvalue weighted by molar-refractivity contribution is -0.146. The van der Waals surface area contributed by atoms with E-state index in [9.17, 15) is 9.90 Å². The first-order valence-corrected chi connectivity index (χ1v) is 6.22. The van der Waals surface area contributed by atoms with Gasteiger partial charge >= 0.3 is 5.97 Å². The second-order valence-electron chi connectivity index (χ2n) is 5.43. The zero-order valence-corrected chi connectivity index (χ0v) is 10.2. The van der Waals surface area contributed by atoms with Gasteiger partial charge in [-0.15, -0.1) is 0 Å². The number of phenols is 1. The molecule has 1 aliphatic carbocycles. The summed E-state index contributed by atoms with van der Waals surface area (Å²) in [5, 5.41) is 9.29. The number of carbonyl (C=O) groups is 1. The van der Waals surface area contributed by atoms with Crippen molar-refractivity contribution >= 4 is 5.97 Å². The first kappa shape index (κ1) is 11.3. The lowest BCUT2D eigenvalue weighted by Crippen LogP contribution is -2.31. The van der Waals surface area contributed by atoms with Crippen molar-refractivity contribution in [3.8, 4) is 5.75 Å². The van der Waals surface area contributed by atoms with Crippen LogP contribution in [0.2, 0.25) is 0 Å². The zero-order chi connectivity index (χ0) is 12.8. The maximum absolute atomic E-state index is 12.1. The van der Waals surface area contributed by atoms with Crippen molar-refractivity contribution in [1.29, 1.82) is 0 Å². The fraction of sp³-hybridized carbons (Fsp3) is 0.400. The third-order valence-corrected chi connectivity index (χ3v) is 4.16. The first-order valence-electron chi connectivity index (χ1n) is 6.22. The van der Waals surface area contributed by atoms with E-state index in [1.165, 1.54) is 0 Å². The maximum atomic E-state index is 12.1. The van der Waals surface area contributed by atoms with E-state index < -0.39 is 5.41 Å². The van der Waals surface area contributed by atoms with Gasteiger partial charge in [0.25, 0.3) is 0 Å². The Labute approximate surface area is 106 Å². The summed E-state index contributed by atoms with van der Waals surface area (Å²) >= 11 is 0. The van der Waals surface area contributed by atoms with Crippen molar-refractivity contribution in [2.45, 2.75) is 19.3 Å². The summed E-state index contributed by atoms with van der Waals surface area (Å²) in [5.74, 6) is 0.433. The number of benzene rings is 1. The van der Waals surface area contributed by atoms with Crippen LogP contribution in [0.5, 0.6) is 5.75 Å². The largest absolute Gasteiger partial charge is 0.508 e. The van der Waals surface area contributed by atoms with E-state index in [1.54, 1.807) is 12.1 Å². The summed E-state index contributed by atoms with van der Waals surface area (Å²) < 4.78 is 5.24. The molecule has 2 aliphatic rings. The number of ether oxygens (including phenoxy) is 1. The van der Waals surface area contributed by atoms with E-state index in [0.29, 0.717) is 13.0 Å². The Morgan fingerprint density at radius 3 is 2.83 bits per heavy atom. The van der Waals surface area contributed by atoms with Crippen molar-refractivity contribution in [2.24, 2.45) is 11.3 Å². The topological polar surface area (TPSA) is 46.5 Å². The molecule has 1 N–H and O–H groups in total. The smallest absolute Gasteiger partial charge is 0.313 e. The van der Waals surface area contributed by atoms with Crippen LogP contribution in [0.1, 0.15) is 18.4 Å². The van der Waals surface area contributed by atoms with Gasteiger partial charge in [0.1, 0.15) is 5.75 Å². The number of hydrogen-bond acceptors (Lipinski definition) is 3. The summed E-state index contributed by atoms with van der Waals surface area (Å²) in [7, 11) is 0. The molecule has 3 rings (SSSR count). The Kier molecular flexibility index (Phi) is 2.44. The molecule has 1 aliphatic heterocycles. The molecular weight excluding hydrogens is 228 g/mol. The Hall–Kier alpha value is -1.77. The lowest BCUT2D eigenvalue weighted by atomic mass is 9.75. The molecule has 0 bridgehead atoms. The number of cyclic esters (lactones) is 1. The molecule has 0 radical (unpaired) electrons. The fourth-order valence-electron chi connectivity index (χ4n) is 3.24. The summed E-state index contributed by atoms with van der Waals surface area (Å²) in [6, 6.07) is 7.05. The van der Waals surface area contributed by atoms with E-state index >= 15 is 0 Å². The molecular formula is C15H16O3. The maximum Gasteiger partial charge on any atom is 0.313 e. The third kappa shape index (κ3) is 1.62. The number of hydrogen-bond donors (Lipinski definition) is 1. The van der Waals surface area contributed by atoms with Crippen LogP contribution >= 0.6 is 0 Å². The summed E-state index contributed by atoms with van der Waals surface area (Å²) in [6.07, 6.45) is 2.30. The number of rotatable bonds is 2. The minimum Gasteiger partial charge on any atom is -0.508 e. The van der Waals surface area contributed by atoms with Gasteiger partial charge in [0, 0.05) is 5.92 Å². The molecule has 94 valence electrons. The summed E-state index contributed by atoms with van der Waals surface area (Å²) in [4.78, 5) is 12.1. The van der Waals surface area contributed by atoms with Crippen molar-refractivity contribution in [2.75, 3.05) is 6.61 Å². The van der Waals surface area contributed by atoms with Gasteiger partial charge in [-0.3, -0.25) is 4.79 Å². The molecule has 0 amide bonds. The van der Waals surface area contributed by atoms with Gasteiger partial charge in [-0.05, 0) is 37.0 Å². The van der Waals surface area contributed by atoms with E-state index in [4.69, 9.17) is 4.74 Å². The zero-order valence-electron chi connectivity index (χ0n) is 10.2. The van der Waals surface area contributed by atoms with Gasteiger partial charge in [-0.25, -0.2) is 0 Å². The van der Waals surface area contributed by atoms with Crippen molar-refractivity contribution in [1.82, 2.24) is 0 Å². The normalized spacial score (nSPS) is 30.3. The first-order chi connectivity index (χ1) is 8.60. The van der Waals surface area contributed by atoms with Gasteiger partial charge in [-0.2, -0.15) is 0 Å². The van der Waals surface area contributed by atoms with E-state index in [-0.39, 0.29) is 17.6 Å². The summed E-state index contributed by atoms with van der Waals surface area (Å²) in [6.45, 7) is 4.55. The van der Waals surface area contributed by atoms with Gasteiger partial charge in [0.05, 0.1) is 12.0 Å². The lowest BCUT2D eigenvalue weighted by Gasteiger charge is -2.23. The van der Waals surface area contributed by atoms with Gasteiger partial charge < -0.3 is 9.84 Å². The summed E-state index contributed by atoms with van der Waals surface area (Å²) in [5.41, 5.74) is 1.80. The molecule has 1 aromatic carbocycles. The number of allylic oxidation sites excluding steroid dienone is 1. The predicted molar refractivity (Wildman–Crippen MR) is 67.1 cm³/mol. The fourth-order valence-corrected chi connectivity index (χ4v) is 3.24. The third-order valence-electron chi connectivity index (χ3n) is 4.16. The molecule has 2 fully saturated rings. The molecule has 0 spiro atoms. The number of carbonyl (C=O) groups excluding carboxylic acids is 1. The van der Waals surface area contributed by atoms with Crippen LogP contribution in [0.3, 0.4) is 0 Å². The molecule has 1 heterocycles. The predicted octanol–water partition coefficient (Wildman–Crippen LogP) is 2.44. The number of phenolic OH excluding ortho intramolecular Hbond substituents is 1. The molecule has 1 aromatic rings. The molecule has 18 heavy (non-hydrogen) atoms. The highest BCUT2D eigenvalue weighted by Gasteiger charge is 2.55. The van der Waals surface area contributed by atoms with E-state index in [0.717, 1.165) is 24.0 Å². The van der Waals surface area contributed by atoms with Crippen molar-refractivity contribution < 1.29 is 14.6 Å². The molecule has 3 heteroatoms. The highest BCUT2D eigenvalue weighted by atomic mass is 16.5. The average Bonchev–Trinajstić information content (AvgIpc) is 2.79. The second kappa shape index (κ2) is 3.87. The monoisotopic (exact) mass is 244 g/mol. The van der Waals surface area contributed by atoms with Crippen LogP contribution in [0, 0.1) is 11.3 Å². The second-order valence-corrected chi connectivity index (χ2v) is 5.43. The van der Waals surface area contributed by atoms with Crippen molar-refractivity contribution in [3.05, 3.63) is 42.0 Å². The highest BCUT2D eigenvalue weighted by molar-refractivity contribution is 5.81. The Bertz CT molecular complexity index is 503. The minimum atomic E-state index is -0.409. The van der Waals surface area contributed by atoms with Crippen LogP contribution in [0.4, 0.5) is 0 Å². The van der Waals surface area contributed by atoms with Crippen LogP contribution in [-0.4, -0.2) is 17.7 Å². The quantitative estimate of drug-likeness (QED) is 0.642. The Balaban J connectivity index is 1.91. The minimum absolute atomic E-state index is 0.0841. The standard InChI is InChI=1S/C15H16O3/c1-10-6-12-9-18-14(17)15(12,7-10)8-11-2-4-13(16)5-3-11/h2-5,12,16H,1,6-9H2. The molecule has 1 saturated heterocycles. The van der Waals surface area contributed by atoms with Crippen LogP contribution < -0.4 is 0 Å². The molecule has 1 saturated carbocycles. The van der Waals surface area contributed by atoms with Gasteiger partial charge in [0.2, 0.25) is 0 Å². The van der Waals surface area contributed by atoms with E-state index in [1.807, 2.05) is 12.1 Å². The SMILES string of the molecule is C=C1CC2COC(=O)C2(Cc2ccc(O)cc2)C1. The Morgan fingerprint density at radius 2 is 2.11 bits per heavy atom. The molecule has 2 atom stereocenters. The van der Waals surface area contributed by atoms with Gasteiger partial charge in [0.15, 0.2) is 0 Å². The van der Waals surface area contributed by atoms with Gasteiger partial charge in [-0.1, -0.05) is 24.3 Å². The molecule has 3 nitrogen and oxygen atoms in total. The molecule has 0 aromatic heterocycles. The Morgan fingerprint density at radius 1 is 1.39 bits per heavy atom. The van der Waals surface area contributed by atoms with Crippen LogP contribution in [-0.2, 0) is 16.0 Å². The van der Waals surface area contributed by atoms with E-state index in [2.05, 4.69) is 6.58 Å². The highest BCUT2D eigenvalue weighted by Crippen LogP contribution is 2.52.